The lowest BCUT2D eigenvalue weighted by atomic mass is 10.1. The predicted molar refractivity (Wildman–Crippen MR) is 50.4 cm³/mol. The molecule has 5 heteroatoms. The van der Waals surface area contributed by atoms with Gasteiger partial charge in [0.2, 0.25) is 0 Å². The molecule has 0 aliphatic rings. The van der Waals surface area contributed by atoms with E-state index in [4.69, 9.17) is 5.11 Å². The summed E-state index contributed by atoms with van der Waals surface area (Å²) >= 11 is 0.808. The molecule has 0 radical (unpaired) electrons. The van der Waals surface area contributed by atoms with Crippen LogP contribution in [0.1, 0.15) is 10.4 Å². The monoisotopic (exact) mass is 212 g/mol. The molecule has 0 bridgehead atoms. The number of phenolic OH excluding ortho intramolecular Hbond substituents is 1. The lowest BCUT2D eigenvalue weighted by Gasteiger charge is -1.97. The minimum absolute atomic E-state index is 0.0446. The van der Waals surface area contributed by atoms with Gasteiger partial charge in [-0.05, 0) is 18.2 Å². The van der Waals surface area contributed by atoms with Gasteiger partial charge in [0, 0.05) is 10.1 Å². The molecule has 2 N–H and O–H groups in total. The van der Waals surface area contributed by atoms with E-state index in [1.807, 2.05) is 0 Å². The van der Waals surface area contributed by atoms with Crippen molar-refractivity contribution in [2.24, 2.45) is 0 Å². The molecule has 0 fully saturated rings. The highest BCUT2D eigenvalue weighted by Gasteiger charge is 2.11. The molecular weight excluding hydrogens is 207 g/mol. The average Bonchev–Trinajstić information content (AvgIpc) is 2.45. The lowest BCUT2D eigenvalue weighted by Crippen LogP contribution is -1.94. The molecule has 1 aromatic carbocycles. The molecule has 1 aromatic heterocycles. The highest BCUT2D eigenvalue weighted by atomic mass is 32.1. The quantitative estimate of drug-likeness (QED) is 0.763. The van der Waals surface area contributed by atoms with Crippen molar-refractivity contribution in [3.8, 4) is 5.75 Å². The third kappa shape index (κ3) is 1.31. The first kappa shape index (κ1) is 8.96. The van der Waals surface area contributed by atoms with Gasteiger partial charge in [-0.15, -0.1) is 11.3 Å². The highest BCUT2D eigenvalue weighted by molar-refractivity contribution is 7.17. The van der Waals surface area contributed by atoms with E-state index < -0.39 is 11.1 Å². The van der Waals surface area contributed by atoms with Crippen molar-refractivity contribution in [3.63, 3.8) is 0 Å². The summed E-state index contributed by atoms with van der Waals surface area (Å²) in [7, 11) is 0. The minimum atomic E-state index is -1.14. The Balaban J connectivity index is 2.77. The molecule has 1 heterocycles. The first-order valence-corrected chi connectivity index (χ1v) is 4.55. The molecule has 0 aliphatic heterocycles. The second-order valence-corrected chi connectivity index (χ2v) is 3.80. The Bertz CT molecular complexity index is 518. The van der Waals surface area contributed by atoms with Gasteiger partial charge >= 0.3 is 5.97 Å². The van der Waals surface area contributed by atoms with E-state index in [2.05, 4.69) is 0 Å². The van der Waals surface area contributed by atoms with Crippen LogP contribution >= 0.6 is 11.3 Å². The number of aromatic carboxylic acids is 1. The number of fused-ring (bicyclic) bond motifs is 1. The van der Waals surface area contributed by atoms with E-state index in [0.29, 0.717) is 10.1 Å². The second kappa shape index (κ2) is 2.95. The zero-order valence-electron chi connectivity index (χ0n) is 6.82. The SMILES string of the molecule is O=C(O)c1cc(O)c2cc(F)sc2c1. The Morgan fingerprint density at radius 1 is 1.36 bits per heavy atom. The van der Waals surface area contributed by atoms with Gasteiger partial charge in [-0.1, -0.05) is 0 Å². The van der Waals surface area contributed by atoms with E-state index >= 15 is 0 Å². The molecule has 0 aliphatic carbocycles. The normalized spacial score (nSPS) is 10.6. The van der Waals surface area contributed by atoms with Gasteiger partial charge in [0.25, 0.3) is 0 Å². The first-order valence-electron chi connectivity index (χ1n) is 3.73. The van der Waals surface area contributed by atoms with Crippen LogP contribution in [-0.4, -0.2) is 16.2 Å². The maximum absolute atomic E-state index is 12.8. The molecular formula is C9H5FO3S. The number of thiophene rings is 1. The third-order valence-electron chi connectivity index (χ3n) is 1.83. The highest BCUT2D eigenvalue weighted by Crippen LogP contribution is 2.32. The van der Waals surface area contributed by atoms with Crippen molar-refractivity contribution < 1.29 is 19.4 Å². The number of aromatic hydroxyl groups is 1. The zero-order valence-corrected chi connectivity index (χ0v) is 7.64. The van der Waals surface area contributed by atoms with Crippen LogP contribution in [0.15, 0.2) is 18.2 Å². The number of halogens is 1. The number of hydrogen-bond donors (Lipinski definition) is 2. The summed E-state index contributed by atoms with van der Waals surface area (Å²) in [6.45, 7) is 0. The average molecular weight is 212 g/mol. The molecule has 0 amide bonds. The van der Waals surface area contributed by atoms with Gasteiger partial charge in [-0.25, -0.2) is 4.79 Å². The molecule has 0 unspecified atom stereocenters. The van der Waals surface area contributed by atoms with Crippen LogP contribution in [0, 0.1) is 5.13 Å². The molecule has 2 aromatic rings. The Kier molecular flexibility index (Phi) is 1.89. The van der Waals surface area contributed by atoms with Crippen LogP contribution < -0.4 is 0 Å². The fourth-order valence-corrected chi connectivity index (χ4v) is 2.06. The Hall–Kier alpha value is -1.62. The van der Waals surface area contributed by atoms with Crippen LogP contribution in [-0.2, 0) is 0 Å². The maximum atomic E-state index is 12.8. The van der Waals surface area contributed by atoms with Gasteiger partial charge in [0.15, 0.2) is 5.13 Å². The fourth-order valence-electron chi connectivity index (χ4n) is 1.21. The molecule has 72 valence electrons. The standard InChI is InChI=1S/C9H5FO3S/c10-8-3-5-6(11)1-4(9(12)13)2-7(5)14-8/h1-3,11H,(H,12,13). The summed E-state index contributed by atoms with van der Waals surface area (Å²) in [5, 5.41) is 18.0. The molecule has 3 nitrogen and oxygen atoms in total. The van der Waals surface area contributed by atoms with Gasteiger partial charge in [-0.3, -0.25) is 0 Å². The van der Waals surface area contributed by atoms with Gasteiger partial charge in [0.05, 0.1) is 5.56 Å². The number of carbonyl (C=O) groups is 1. The van der Waals surface area contributed by atoms with E-state index in [0.717, 1.165) is 17.4 Å². The molecule has 0 saturated carbocycles. The molecule has 0 saturated heterocycles. The number of carboxylic acids is 1. The molecule has 14 heavy (non-hydrogen) atoms. The van der Waals surface area contributed by atoms with Crippen molar-refractivity contribution in [1.29, 1.82) is 0 Å². The van der Waals surface area contributed by atoms with Crippen molar-refractivity contribution >= 4 is 27.4 Å². The maximum Gasteiger partial charge on any atom is 0.335 e. The van der Waals surface area contributed by atoms with Gasteiger partial charge in [0.1, 0.15) is 5.75 Å². The Morgan fingerprint density at radius 2 is 2.07 bits per heavy atom. The number of hydrogen-bond acceptors (Lipinski definition) is 3. The van der Waals surface area contributed by atoms with Gasteiger partial charge < -0.3 is 10.2 Å². The smallest absolute Gasteiger partial charge is 0.335 e. The molecule has 2 rings (SSSR count). The first-order chi connectivity index (χ1) is 6.58. The van der Waals surface area contributed by atoms with Crippen LogP contribution in [0.3, 0.4) is 0 Å². The number of rotatable bonds is 1. The number of carboxylic acid groups (broad SMARTS) is 1. The largest absolute Gasteiger partial charge is 0.507 e. The minimum Gasteiger partial charge on any atom is -0.507 e. The summed E-state index contributed by atoms with van der Waals surface area (Å²) in [6.07, 6.45) is 0. The Morgan fingerprint density at radius 3 is 2.71 bits per heavy atom. The van der Waals surface area contributed by atoms with E-state index in [-0.39, 0.29) is 11.3 Å². The summed E-state index contributed by atoms with van der Waals surface area (Å²) in [5.74, 6) is -1.35. The van der Waals surface area contributed by atoms with Crippen LogP contribution in [0.2, 0.25) is 0 Å². The summed E-state index contributed by atoms with van der Waals surface area (Å²) in [6, 6.07) is 3.63. The van der Waals surface area contributed by atoms with Crippen molar-refractivity contribution in [2.45, 2.75) is 0 Å². The fraction of sp³-hybridized carbons (Fsp3) is 0. The van der Waals surface area contributed by atoms with Crippen LogP contribution in [0.5, 0.6) is 5.75 Å². The van der Waals surface area contributed by atoms with E-state index in [9.17, 15) is 14.3 Å². The molecule has 0 spiro atoms. The number of benzene rings is 1. The van der Waals surface area contributed by atoms with Crippen LogP contribution in [0.4, 0.5) is 4.39 Å². The molecule has 0 atom stereocenters. The Labute approximate surface area is 82.0 Å². The summed E-state index contributed by atoms with van der Waals surface area (Å²) < 4.78 is 13.2. The second-order valence-electron chi connectivity index (χ2n) is 2.76. The lowest BCUT2D eigenvalue weighted by molar-refractivity contribution is 0.0696. The topological polar surface area (TPSA) is 57.5 Å². The predicted octanol–water partition coefficient (Wildman–Crippen LogP) is 2.44. The summed E-state index contributed by atoms with van der Waals surface area (Å²) in [5.41, 5.74) is -0.0446. The van der Waals surface area contributed by atoms with Crippen LogP contribution in [0.25, 0.3) is 10.1 Å². The summed E-state index contributed by atoms with van der Waals surface area (Å²) in [4.78, 5) is 10.6. The number of phenols is 1. The van der Waals surface area contributed by atoms with E-state index in [1.54, 1.807) is 0 Å². The van der Waals surface area contributed by atoms with E-state index in [1.165, 1.54) is 12.1 Å². The third-order valence-corrected chi connectivity index (χ3v) is 2.70. The van der Waals surface area contributed by atoms with Crippen molar-refractivity contribution in [3.05, 3.63) is 28.9 Å². The zero-order chi connectivity index (χ0) is 10.3. The van der Waals surface area contributed by atoms with Gasteiger partial charge in [-0.2, -0.15) is 4.39 Å². The van der Waals surface area contributed by atoms with Crippen molar-refractivity contribution in [2.75, 3.05) is 0 Å². The van der Waals surface area contributed by atoms with Crippen molar-refractivity contribution in [1.82, 2.24) is 0 Å².